The summed E-state index contributed by atoms with van der Waals surface area (Å²) in [5, 5.41) is 0.975. The van der Waals surface area contributed by atoms with Crippen LogP contribution in [-0.4, -0.2) is 71.4 Å². The number of pyridine rings is 1. The standard InChI is InChI=1S/C17H19N5O2.C4H8S.CH5N/c1-11-10-24-8-7-22(11)14-4-6-19-17(20-14)13-9-15(23-2)21-16-12(13)3-5-18-16;1-2-4-5-3-1;1-2/h3-6,9,11H,7-8,10H2,1-2H3,(H,18,21);1-4H2;2H2,1H3. The number of aromatic amines is 1. The molecule has 0 bridgehead atoms. The molecule has 9 heteroatoms. The van der Waals surface area contributed by atoms with E-state index >= 15 is 0 Å². The number of hydrogen-bond acceptors (Lipinski definition) is 8. The first-order valence-corrected chi connectivity index (χ1v) is 11.8. The van der Waals surface area contributed by atoms with E-state index in [-0.39, 0.29) is 0 Å². The van der Waals surface area contributed by atoms with Crippen LogP contribution in [0.3, 0.4) is 0 Å². The van der Waals surface area contributed by atoms with Crippen LogP contribution in [0.25, 0.3) is 22.4 Å². The molecule has 5 rings (SSSR count). The molecule has 0 aromatic carbocycles. The number of nitrogens with two attached hydrogens (primary N) is 1. The molecule has 3 N–H and O–H groups in total. The molecule has 31 heavy (non-hydrogen) atoms. The van der Waals surface area contributed by atoms with E-state index < -0.39 is 0 Å². The van der Waals surface area contributed by atoms with Crippen LogP contribution in [0.4, 0.5) is 5.82 Å². The summed E-state index contributed by atoms with van der Waals surface area (Å²) in [7, 11) is 3.10. The molecule has 0 saturated carbocycles. The van der Waals surface area contributed by atoms with Gasteiger partial charge in [0.05, 0.1) is 26.4 Å². The smallest absolute Gasteiger partial charge is 0.215 e. The summed E-state index contributed by atoms with van der Waals surface area (Å²) in [4.78, 5) is 19.0. The van der Waals surface area contributed by atoms with Crippen molar-refractivity contribution >= 4 is 28.6 Å². The van der Waals surface area contributed by atoms with Gasteiger partial charge in [-0.25, -0.2) is 9.97 Å². The molecule has 3 aromatic rings. The first-order chi connectivity index (χ1) is 15.3. The molecule has 0 spiro atoms. The lowest BCUT2D eigenvalue weighted by Crippen LogP contribution is -2.44. The number of nitrogens with one attached hydrogen (secondary N) is 1. The Balaban J connectivity index is 0.000000337. The molecule has 0 amide bonds. The van der Waals surface area contributed by atoms with Gasteiger partial charge in [-0.15, -0.1) is 0 Å². The Morgan fingerprint density at radius 1 is 1.23 bits per heavy atom. The number of hydrogen-bond donors (Lipinski definition) is 2. The molecule has 1 atom stereocenters. The van der Waals surface area contributed by atoms with Gasteiger partial charge in [0.15, 0.2) is 5.82 Å². The summed E-state index contributed by atoms with van der Waals surface area (Å²) < 4.78 is 10.8. The van der Waals surface area contributed by atoms with E-state index in [0.29, 0.717) is 24.4 Å². The molecule has 2 fully saturated rings. The highest BCUT2D eigenvalue weighted by Crippen LogP contribution is 2.29. The third-order valence-electron chi connectivity index (χ3n) is 5.09. The van der Waals surface area contributed by atoms with Crippen LogP contribution in [0.5, 0.6) is 5.88 Å². The second-order valence-corrected chi connectivity index (χ2v) is 8.35. The topological polar surface area (TPSA) is 102 Å². The van der Waals surface area contributed by atoms with E-state index in [0.717, 1.165) is 35.6 Å². The molecule has 3 aromatic heterocycles. The zero-order valence-electron chi connectivity index (χ0n) is 18.5. The molecule has 2 saturated heterocycles. The third kappa shape index (κ3) is 5.87. The minimum Gasteiger partial charge on any atom is -0.481 e. The number of H-pyrrole nitrogens is 1. The maximum absolute atomic E-state index is 5.51. The van der Waals surface area contributed by atoms with Crippen molar-refractivity contribution in [3.8, 4) is 17.3 Å². The number of methoxy groups -OCH3 is 1. The van der Waals surface area contributed by atoms with E-state index in [1.165, 1.54) is 31.4 Å². The lowest BCUT2D eigenvalue weighted by Gasteiger charge is -2.34. The SMILES string of the molecule is C1CCSC1.CN.COc1cc(-c2nccc(N3CCOCC3C)n2)c2cc[nH]c2n1. The number of aromatic nitrogens is 4. The van der Waals surface area contributed by atoms with E-state index in [2.05, 4.69) is 44.3 Å². The van der Waals surface area contributed by atoms with Crippen molar-refractivity contribution in [1.82, 2.24) is 19.9 Å². The normalized spacial score (nSPS) is 18.1. The summed E-state index contributed by atoms with van der Waals surface area (Å²) in [5.74, 6) is 4.94. The first kappa shape index (κ1) is 23.3. The van der Waals surface area contributed by atoms with Crippen LogP contribution >= 0.6 is 11.8 Å². The number of fused-ring (bicyclic) bond motifs is 1. The van der Waals surface area contributed by atoms with Gasteiger partial charge in [-0.05, 0) is 50.5 Å². The van der Waals surface area contributed by atoms with Gasteiger partial charge in [0.2, 0.25) is 5.88 Å². The largest absolute Gasteiger partial charge is 0.481 e. The van der Waals surface area contributed by atoms with Gasteiger partial charge < -0.3 is 25.1 Å². The van der Waals surface area contributed by atoms with Crippen LogP contribution in [0.2, 0.25) is 0 Å². The Morgan fingerprint density at radius 2 is 2.03 bits per heavy atom. The Morgan fingerprint density at radius 3 is 2.71 bits per heavy atom. The predicted molar refractivity (Wildman–Crippen MR) is 128 cm³/mol. The third-order valence-corrected chi connectivity index (χ3v) is 6.24. The maximum atomic E-state index is 5.51. The van der Waals surface area contributed by atoms with E-state index in [1.54, 1.807) is 13.3 Å². The average Bonchev–Trinajstić information content (AvgIpc) is 3.55. The molecule has 5 heterocycles. The number of anilines is 1. The summed E-state index contributed by atoms with van der Waals surface area (Å²) in [6.07, 6.45) is 6.58. The fourth-order valence-electron chi connectivity index (χ4n) is 3.52. The van der Waals surface area contributed by atoms with Crippen molar-refractivity contribution in [3.63, 3.8) is 0 Å². The van der Waals surface area contributed by atoms with E-state index in [1.807, 2.05) is 24.4 Å². The van der Waals surface area contributed by atoms with E-state index in [9.17, 15) is 0 Å². The zero-order chi connectivity index (χ0) is 22.1. The quantitative estimate of drug-likeness (QED) is 0.634. The Kier molecular flexibility index (Phi) is 8.93. The van der Waals surface area contributed by atoms with Crippen molar-refractivity contribution < 1.29 is 9.47 Å². The van der Waals surface area contributed by atoms with E-state index in [4.69, 9.17) is 14.5 Å². The number of nitrogens with zero attached hydrogens (tertiary/aromatic N) is 4. The molecule has 2 aliphatic heterocycles. The molecule has 8 nitrogen and oxygen atoms in total. The predicted octanol–water partition coefficient (Wildman–Crippen LogP) is 3.34. The van der Waals surface area contributed by atoms with Gasteiger partial charge in [0.1, 0.15) is 11.5 Å². The molecule has 1 unspecified atom stereocenters. The fourth-order valence-corrected chi connectivity index (χ4v) is 4.54. The molecule has 168 valence electrons. The van der Waals surface area contributed by atoms with Crippen molar-refractivity contribution in [2.75, 3.05) is 50.3 Å². The van der Waals surface area contributed by atoms with Crippen molar-refractivity contribution in [2.45, 2.75) is 25.8 Å². The van der Waals surface area contributed by atoms with Gasteiger partial charge in [0.25, 0.3) is 0 Å². The molecule has 0 aliphatic carbocycles. The Bertz CT molecular complexity index is 939. The lowest BCUT2D eigenvalue weighted by molar-refractivity contribution is 0.0985. The maximum Gasteiger partial charge on any atom is 0.215 e. The summed E-state index contributed by atoms with van der Waals surface area (Å²) in [6.45, 7) is 4.40. The number of morpholine rings is 1. The highest BCUT2D eigenvalue weighted by molar-refractivity contribution is 7.99. The zero-order valence-corrected chi connectivity index (χ0v) is 19.3. The fraction of sp³-hybridized carbons (Fsp3) is 0.500. The van der Waals surface area contributed by atoms with Crippen molar-refractivity contribution in [1.29, 1.82) is 0 Å². The lowest BCUT2D eigenvalue weighted by atomic mass is 10.1. The van der Waals surface area contributed by atoms with Crippen LogP contribution in [0.15, 0.2) is 30.6 Å². The Labute approximate surface area is 188 Å². The first-order valence-electron chi connectivity index (χ1n) is 10.6. The number of thioether (sulfide) groups is 1. The highest BCUT2D eigenvalue weighted by Gasteiger charge is 2.21. The minimum absolute atomic E-state index is 0.292. The summed E-state index contributed by atoms with van der Waals surface area (Å²) >= 11 is 2.07. The summed E-state index contributed by atoms with van der Waals surface area (Å²) in [5.41, 5.74) is 6.17. The summed E-state index contributed by atoms with van der Waals surface area (Å²) in [6, 6.07) is 6.08. The van der Waals surface area contributed by atoms with Crippen LogP contribution in [0.1, 0.15) is 19.8 Å². The van der Waals surface area contributed by atoms with Gasteiger partial charge in [-0.1, -0.05) is 0 Å². The van der Waals surface area contributed by atoms with Crippen molar-refractivity contribution in [3.05, 3.63) is 30.6 Å². The number of rotatable bonds is 3. The van der Waals surface area contributed by atoms with Crippen molar-refractivity contribution in [2.24, 2.45) is 5.73 Å². The van der Waals surface area contributed by atoms with Crippen LogP contribution in [0, 0.1) is 0 Å². The van der Waals surface area contributed by atoms with Crippen LogP contribution < -0.4 is 15.4 Å². The Hall–Kier alpha value is -2.36. The second kappa shape index (κ2) is 11.9. The van der Waals surface area contributed by atoms with Gasteiger partial charge >= 0.3 is 0 Å². The molecular weight excluding hydrogens is 412 g/mol. The monoisotopic (exact) mass is 444 g/mol. The minimum atomic E-state index is 0.292. The van der Waals surface area contributed by atoms with Gasteiger partial charge in [-0.3, -0.25) is 0 Å². The molecular formula is C22H32N6O2S. The van der Waals surface area contributed by atoms with Crippen LogP contribution in [-0.2, 0) is 4.74 Å². The second-order valence-electron chi connectivity index (χ2n) is 7.13. The highest BCUT2D eigenvalue weighted by atomic mass is 32.2. The van der Waals surface area contributed by atoms with Gasteiger partial charge in [-0.2, -0.15) is 16.7 Å². The molecule has 2 aliphatic rings. The number of ether oxygens (including phenoxy) is 2. The molecule has 0 radical (unpaired) electrons. The van der Waals surface area contributed by atoms with Gasteiger partial charge in [0, 0.05) is 36.0 Å². The average molecular weight is 445 g/mol.